The standard InChI is InChI=1S/C28H37FN4O5S/c1-19(34)18-33-15-13-20(14-16-33)17-25(31-26(35)21-5-7-22(29)8-6-21)27(36)30-23-9-11-24(12-10-23)39(37,38)32-28(2,3)4/h5-12,20,25,32H,13-18H2,1-4H3,(H,30,36)(H,31,35)/t25-/m0/s1. The second-order valence-corrected chi connectivity index (χ2v) is 12.7. The summed E-state index contributed by atoms with van der Waals surface area (Å²) in [5.41, 5.74) is -0.0393. The molecule has 0 bridgehead atoms. The van der Waals surface area contributed by atoms with Crippen LogP contribution in [0.5, 0.6) is 0 Å². The van der Waals surface area contributed by atoms with Crippen molar-refractivity contribution in [2.75, 3.05) is 25.0 Å². The van der Waals surface area contributed by atoms with Crippen LogP contribution in [0.1, 0.15) is 57.3 Å². The number of nitrogens with one attached hydrogen (secondary N) is 3. The van der Waals surface area contributed by atoms with Crippen LogP contribution in [0.25, 0.3) is 0 Å². The zero-order chi connectivity index (χ0) is 28.8. The van der Waals surface area contributed by atoms with Gasteiger partial charge in [-0.2, -0.15) is 0 Å². The van der Waals surface area contributed by atoms with Gasteiger partial charge in [0, 0.05) is 16.8 Å². The molecule has 212 valence electrons. The summed E-state index contributed by atoms with van der Waals surface area (Å²) in [6.07, 6.45) is 1.93. The highest BCUT2D eigenvalue weighted by molar-refractivity contribution is 7.89. The van der Waals surface area contributed by atoms with Gasteiger partial charge in [0.05, 0.1) is 11.4 Å². The van der Waals surface area contributed by atoms with Crippen LogP contribution < -0.4 is 15.4 Å². The van der Waals surface area contributed by atoms with Gasteiger partial charge in [-0.3, -0.25) is 19.3 Å². The van der Waals surface area contributed by atoms with Crippen molar-refractivity contribution in [1.82, 2.24) is 14.9 Å². The van der Waals surface area contributed by atoms with Crippen molar-refractivity contribution in [2.24, 2.45) is 5.92 Å². The Morgan fingerprint density at radius 1 is 1.00 bits per heavy atom. The van der Waals surface area contributed by atoms with Crippen LogP contribution in [-0.4, -0.2) is 62.1 Å². The third-order valence-corrected chi connectivity index (χ3v) is 8.10. The van der Waals surface area contributed by atoms with Crippen molar-refractivity contribution in [1.29, 1.82) is 0 Å². The summed E-state index contributed by atoms with van der Waals surface area (Å²) in [5.74, 6) is -1.17. The van der Waals surface area contributed by atoms with Gasteiger partial charge in [-0.05, 0) is 114 Å². The summed E-state index contributed by atoms with van der Waals surface area (Å²) < 4.78 is 41.1. The predicted molar refractivity (Wildman–Crippen MR) is 147 cm³/mol. The van der Waals surface area contributed by atoms with E-state index in [0.717, 1.165) is 25.9 Å². The Bertz CT molecular complexity index is 1270. The number of Topliss-reactive ketones (excluding diaryl/α,β-unsaturated/α-hetero) is 1. The molecule has 0 saturated carbocycles. The molecule has 2 aromatic carbocycles. The lowest BCUT2D eigenvalue weighted by atomic mass is 9.89. The molecule has 3 N–H and O–H groups in total. The van der Waals surface area contributed by atoms with Crippen LogP contribution >= 0.6 is 0 Å². The van der Waals surface area contributed by atoms with E-state index in [0.29, 0.717) is 18.7 Å². The number of likely N-dealkylation sites (tertiary alicyclic amines) is 1. The van der Waals surface area contributed by atoms with Crippen molar-refractivity contribution in [3.05, 3.63) is 59.9 Å². The number of halogens is 1. The summed E-state index contributed by atoms with van der Waals surface area (Å²) >= 11 is 0. The van der Waals surface area contributed by atoms with Crippen LogP contribution in [0.15, 0.2) is 53.4 Å². The van der Waals surface area contributed by atoms with Crippen molar-refractivity contribution in [3.63, 3.8) is 0 Å². The number of hydrogen-bond acceptors (Lipinski definition) is 6. The van der Waals surface area contributed by atoms with Gasteiger partial charge in [0.15, 0.2) is 0 Å². The van der Waals surface area contributed by atoms with Crippen LogP contribution in [-0.2, 0) is 19.6 Å². The summed E-state index contributed by atoms with van der Waals surface area (Å²) in [6, 6.07) is 9.98. The Kier molecular flexibility index (Phi) is 9.98. The van der Waals surface area contributed by atoms with Crippen LogP contribution in [0.2, 0.25) is 0 Å². The number of rotatable bonds is 10. The number of anilines is 1. The fraction of sp³-hybridized carbons (Fsp3) is 0.464. The molecule has 0 aromatic heterocycles. The number of nitrogens with zero attached hydrogens (tertiary/aromatic N) is 1. The van der Waals surface area contributed by atoms with Crippen LogP contribution in [0, 0.1) is 11.7 Å². The molecule has 9 nitrogen and oxygen atoms in total. The Hall–Kier alpha value is -3.15. The minimum absolute atomic E-state index is 0.0638. The Balaban J connectivity index is 1.72. The molecule has 0 unspecified atom stereocenters. The quantitative estimate of drug-likeness (QED) is 0.410. The number of ketones is 1. The van der Waals surface area contributed by atoms with Crippen molar-refractivity contribution in [3.8, 4) is 0 Å². The highest BCUT2D eigenvalue weighted by Gasteiger charge is 2.29. The molecule has 0 spiro atoms. The van der Waals surface area contributed by atoms with E-state index in [1.54, 1.807) is 27.7 Å². The molecule has 1 saturated heterocycles. The van der Waals surface area contributed by atoms with Gasteiger partial charge in [-0.15, -0.1) is 0 Å². The molecule has 1 aliphatic heterocycles. The molecule has 0 aliphatic carbocycles. The summed E-state index contributed by atoms with van der Waals surface area (Å²) in [4.78, 5) is 39.8. The van der Waals surface area contributed by atoms with E-state index in [-0.39, 0.29) is 22.2 Å². The van der Waals surface area contributed by atoms with Gasteiger partial charge in [-0.25, -0.2) is 17.5 Å². The maximum atomic E-state index is 13.3. The monoisotopic (exact) mass is 560 g/mol. The molecular weight excluding hydrogens is 523 g/mol. The number of benzene rings is 2. The molecule has 1 atom stereocenters. The SMILES string of the molecule is CC(=O)CN1CCC(C[C@H](NC(=O)c2ccc(F)cc2)C(=O)Nc2ccc(S(=O)(=O)NC(C)(C)C)cc2)CC1. The number of carbonyl (C=O) groups excluding carboxylic acids is 3. The molecule has 39 heavy (non-hydrogen) atoms. The third kappa shape index (κ3) is 9.52. The molecule has 11 heteroatoms. The largest absolute Gasteiger partial charge is 0.340 e. The first kappa shape index (κ1) is 30.4. The molecule has 1 fully saturated rings. The summed E-state index contributed by atoms with van der Waals surface area (Å²) in [7, 11) is -3.73. The zero-order valence-corrected chi connectivity index (χ0v) is 23.6. The van der Waals surface area contributed by atoms with E-state index in [9.17, 15) is 27.2 Å². The van der Waals surface area contributed by atoms with Crippen LogP contribution in [0.3, 0.4) is 0 Å². The van der Waals surface area contributed by atoms with E-state index in [1.165, 1.54) is 48.5 Å². The first-order chi connectivity index (χ1) is 18.2. The molecular formula is C28H37FN4O5S. The van der Waals surface area contributed by atoms with E-state index in [2.05, 4.69) is 20.3 Å². The smallest absolute Gasteiger partial charge is 0.251 e. The fourth-order valence-electron chi connectivity index (χ4n) is 4.51. The molecule has 2 aromatic rings. The number of carbonyl (C=O) groups is 3. The topological polar surface area (TPSA) is 125 Å². The maximum Gasteiger partial charge on any atom is 0.251 e. The minimum Gasteiger partial charge on any atom is -0.340 e. The lowest BCUT2D eigenvalue weighted by molar-refractivity contribution is -0.118. The molecule has 1 heterocycles. The van der Waals surface area contributed by atoms with Gasteiger partial charge >= 0.3 is 0 Å². The average molecular weight is 561 g/mol. The Morgan fingerprint density at radius 3 is 2.13 bits per heavy atom. The highest BCUT2D eigenvalue weighted by atomic mass is 32.2. The van der Waals surface area contributed by atoms with Crippen molar-refractivity contribution in [2.45, 2.75) is 63.4 Å². The van der Waals surface area contributed by atoms with Gasteiger partial charge < -0.3 is 10.6 Å². The van der Waals surface area contributed by atoms with E-state index in [4.69, 9.17) is 0 Å². The normalized spacial score (nSPS) is 15.9. The molecule has 2 amide bonds. The van der Waals surface area contributed by atoms with Crippen molar-refractivity contribution < 1.29 is 27.2 Å². The van der Waals surface area contributed by atoms with Crippen molar-refractivity contribution >= 4 is 33.3 Å². The Labute approximate surface area is 229 Å². The predicted octanol–water partition coefficient (Wildman–Crippen LogP) is 3.33. The molecule has 1 aliphatic rings. The first-order valence-corrected chi connectivity index (χ1v) is 14.4. The average Bonchev–Trinajstić information content (AvgIpc) is 2.83. The number of hydrogen-bond donors (Lipinski definition) is 3. The van der Waals surface area contributed by atoms with Gasteiger partial charge in [0.1, 0.15) is 17.6 Å². The van der Waals surface area contributed by atoms with Gasteiger partial charge in [-0.1, -0.05) is 0 Å². The third-order valence-electron chi connectivity index (χ3n) is 6.32. The van der Waals surface area contributed by atoms with E-state index in [1.807, 2.05) is 0 Å². The second kappa shape index (κ2) is 12.8. The van der Waals surface area contributed by atoms with E-state index >= 15 is 0 Å². The van der Waals surface area contributed by atoms with Gasteiger partial charge in [0.25, 0.3) is 5.91 Å². The highest BCUT2D eigenvalue weighted by Crippen LogP contribution is 2.23. The molecule has 3 rings (SSSR count). The minimum atomic E-state index is -3.73. The zero-order valence-electron chi connectivity index (χ0n) is 22.8. The first-order valence-electron chi connectivity index (χ1n) is 12.9. The van der Waals surface area contributed by atoms with Gasteiger partial charge in [0.2, 0.25) is 15.9 Å². The second-order valence-electron chi connectivity index (χ2n) is 11.1. The fourth-order valence-corrected chi connectivity index (χ4v) is 5.93. The Morgan fingerprint density at radius 2 is 1.59 bits per heavy atom. The summed E-state index contributed by atoms with van der Waals surface area (Å²) in [6.45, 7) is 8.63. The lowest BCUT2D eigenvalue weighted by Crippen LogP contribution is -2.46. The van der Waals surface area contributed by atoms with Crippen LogP contribution in [0.4, 0.5) is 10.1 Å². The number of sulfonamides is 1. The van der Waals surface area contributed by atoms with E-state index < -0.39 is 39.2 Å². The maximum absolute atomic E-state index is 13.3. The molecule has 0 radical (unpaired) electrons. The lowest BCUT2D eigenvalue weighted by Gasteiger charge is -2.33. The number of amides is 2. The number of piperidine rings is 1. The summed E-state index contributed by atoms with van der Waals surface area (Å²) in [5, 5.41) is 5.55.